The molecule has 0 aliphatic carbocycles. The Balaban J connectivity index is 1.95. The molecule has 5 nitrogen and oxygen atoms in total. The smallest absolute Gasteiger partial charge is 0.275 e. The molecule has 0 saturated heterocycles. The Morgan fingerprint density at radius 2 is 2.09 bits per heavy atom. The zero-order chi connectivity index (χ0) is 16.2. The first-order valence-electron chi connectivity index (χ1n) is 8.01. The molecular weight excluding hydrogens is 290 g/mol. The van der Waals surface area contributed by atoms with E-state index in [0.717, 1.165) is 35.9 Å². The van der Waals surface area contributed by atoms with Crippen molar-refractivity contribution in [2.24, 2.45) is 5.10 Å². The standard InChI is InChI=1S/C18H21N3O2/c1-2-21-18(23)14(12-19-21)11-15-13-20(9-5-6-10-22)17-8-4-3-7-16(15)17/h3-4,7-8,11-13,22H,2,5-6,9-10H2,1H3. The van der Waals surface area contributed by atoms with Crippen LogP contribution in [0.5, 0.6) is 0 Å². The van der Waals surface area contributed by atoms with Crippen LogP contribution in [-0.2, 0) is 11.3 Å². The van der Waals surface area contributed by atoms with Crippen LogP contribution in [0.3, 0.4) is 0 Å². The summed E-state index contributed by atoms with van der Waals surface area (Å²) in [6.07, 6.45) is 7.33. The minimum atomic E-state index is -0.0513. The largest absolute Gasteiger partial charge is 0.396 e. The van der Waals surface area contributed by atoms with Crippen LogP contribution in [0, 0.1) is 0 Å². The zero-order valence-electron chi connectivity index (χ0n) is 13.3. The first kappa shape index (κ1) is 15.5. The molecule has 1 aromatic carbocycles. The van der Waals surface area contributed by atoms with Crippen LogP contribution in [-0.4, -0.2) is 40.0 Å². The number of aliphatic hydroxyl groups is 1. The van der Waals surface area contributed by atoms with Gasteiger partial charge in [0.1, 0.15) is 0 Å². The molecule has 2 heterocycles. The molecule has 23 heavy (non-hydrogen) atoms. The first-order chi connectivity index (χ1) is 11.2. The molecule has 0 unspecified atom stereocenters. The number of aryl methyl sites for hydroxylation is 1. The number of hydrazone groups is 1. The summed E-state index contributed by atoms with van der Waals surface area (Å²) in [5.74, 6) is -0.0513. The molecule has 0 saturated carbocycles. The lowest BCUT2D eigenvalue weighted by molar-refractivity contribution is -0.125. The Labute approximate surface area is 135 Å². The second-order valence-corrected chi connectivity index (χ2v) is 5.59. The van der Waals surface area contributed by atoms with Crippen molar-refractivity contribution in [1.29, 1.82) is 0 Å². The average Bonchev–Trinajstić information content (AvgIpc) is 3.10. The Bertz CT molecular complexity index is 774. The molecule has 0 radical (unpaired) electrons. The summed E-state index contributed by atoms with van der Waals surface area (Å²) in [6.45, 7) is 3.56. The first-order valence-corrected chi connectivity index (χ1v) is 8.01. The van der Waals surface area contributed by atoms with Crippen molar-refractivity contribution >= 4 is 29.1 Å². The van der Waals surface area contributed by atoms with Crippen molar-refractivity contribution in [3.05, 3.63) is 41.6 Å². The van der Waals surface area contributed by atoms with Gasteiger partial charge < -0.3 is 9.67 Å². The molecule has 1 N–H and O–H groups in total. The topological polar surface area (TPSA) is 57.8 Å². The maximum Gasteiger partial charge on any atom is 0.275 e. The lowest BCUT2D eigenvalue weighted by Crippen LogP contribution is -2.21. The number of aliphatic hydroxyl groups excluding tert-OH is 1. The molecule has 120 valence electrons. The molecule has 0 spiro atoms. The van der Waals surface area contributed by atoms with Gasteiger partial charge in [0, 0.05) is 42.4 Å². The van der Waals surface area contributed by atoms with Gasteiger partial charge in [0.2, 0.25) is 0 Å². The van der Waals surface area contributed by atoms with Crippen molar-refractivity contribution in [2.75, 3.05) is 13.2 Å². The number of hydrogen-bond donors (Lipinski definition) is 1. The third kappa shape index (κ3) is 3.05. The molecule has 0 bridgehead atoms. The average molecular weight is 311 g/mol. The summed E-state index contributed by atoms with van der Waals surface area (Å²) in [5.41, 5.74) is 2.79. The molecule has 3 rings (SSSR count). The second-order valence-electron chi connectivity index (χ2n) is 5.59. The number of carbonyl (C=O) groups excluding carboxylic acids is 1. The van der Waals surface area contributed by atoms with E-state index in [1.165, 1.54) is 5.01 Å². The van der Waals surface area contributed by atoms with Crippen LogP contribution in [0.2, 0.25) is 0 Å². The van der Waals surface area contributed by atoms with E-state index in [4.69, 9.17) is 5.11 Å². The van der Waals surface area contributed by atoms with Crippen LogP contribution < -0.4 is 0 Å². The van der Waals surface area contributed by atoms with Gasteiger partial charge in [-0.2, -0.15) is 5.10 Å². The number of fused-ring (bicyclic) bond motifs is 1. The van der Waals surface area contributed by atoms with E-state index in [1.807, 2.05) is 25.1 Å². The minimum absolute atomic E-state index is 0.0513. The second kappa shape index (κ2) is 6.79. The summed E-state index contributed by atoms with van der Waals surface area (Å²) in [4.78, 5) is 12.2. The zero-order valence-corrected chi connectivity index (χ0v) is 13.3. The van der Waals surface area contributed by atoms with Crippen LogP contribution in [0.1, 0.15) is 25.3 Å². The Morgan fingerprint density at radius 3 is 2.83 bits per heavy atom. The third-order valence-corrected chi connectivity index (χ3v) is 4.05. The molecule has 5 heteroatoms. The Hall–Kier alpha value is -2.40. The number of hydrogen-bond acceptors (Lipinski definition) is 3. The number of benzene rings is 1. The highest BCUT2D eigenvalue weighted by molar-refractivity contribution is 6.19. The number of para-hydroxylation sites is 1. The molecule has 1 amide bonds. The molecule has 1 aromatic heterocycles. The number of rotatable bonds is 6. The van der Waals surface area contributed by atoms with E-state index >= 15 is 0 Å². The number of likely N-dealkylation sites (N-methyl/N-ethyl adjacent to an activating group) is 1. The Kier molecular flexibility index (Phi) is 4.57. The highest BCUT2D eigenvalue weighted by Crippen LogP contribution is 2.25. The van der Waals surface area contributed by atoms with Crippen molar-refractivity contribution in [2.45, 2.75) is 26.3 Å². The lowest BCUT2D eigenvalue weighted by Gasteiger charge is -2.06. The van der Waals surface area contributed by atoms with Gasteiger partial charge in [-0.25, -0.2) is 5.01 Å². The van der Waals surface area contributed by atoms with Gasteiger partial charge in [-0.1, -0.05) is 18.2 Å². The van der Waals surface area contributed by atoms with Crippen molar-refractivity contribution in [3.8, 4) is 0 Å². The van der Waals surface area contributed by atoms with Crippen molar-refractivity contribution in [3.63, 3.8) is 0 Å². The minimum Gasteiger partial charge on any atom is -0.396 e. The summed E-state index contributed by atoms with van der Waals surface area (Å²) >= 11 is 0. The number of unbranched alkanes of at least 4 members (excludes halogenated alkanes) is 1. The molecule has 0 atom stereocenters. The van der Waals surface area contributed by atoms with Crippen LogP contribution in [0.4, 0.5) is 0 Å². The van der Waals surface area contributed by atoms with Gasteiger partial charge in [0.05, 0.1) is 11.8 Å². The van der Waals surface area contributed by atoms with E-state index in [9.17, 15) is 4.79 Å². The quantitative estimate of drug-likeness (QED) is 0.658. The van der Waals surface area contributed by atoms with Gasteiger partial charge in [0.15, 0.2) is 0 Å². The highest BCUT2D eigenvalue weighted by Gasteiger charge is 2.21. The third-order valence-electron chi connectivity index (χ3n) is 4.05. The van der Waals surface area contributed by atoms with Crippen LogP contribution in [0.15, 0.2) is 41.1 Å². The predicted molar refractivity (Wildman–Crippen MR) is 92.1 cm³/mol. The van der Waals surface area contributed by atoms with Gasteiger partial charge in [-0.05, 0) is 31.9 Å². The van der Waals surface area contributed by atoms with Gasteiger partial charge in [0.25, 0.3) is 5.91 Å². The SMILES string of the molecule is CCN1N=CC(=Cc2cn(CCCCO)c3ccccc23)C1=O. The number of aromatic nitrogens is 1. The summed E-state index contributed by atoms with van der Waals surface area (Å²) < 4.78 is 2.19. The number of amides is 1. The lowest BCUT2D eigenvalue weighted by atomic mass is 10.1. The van der Waals surface area contributed by atoms with E-state index in [1.54, 1.807) is 6.21 Å². The fourth-order valence-electron chi connectivity index (χ4n) is 2.85. The molecule has 1 aliphatic rings. The fraction of sp³-hybridized carbons (Fsp3) is 0.333. The maximum absolute atomic E-state index is 12.2. The molecular formula is C18H21N3O2. The summed E-state index contributed by atoms with van der Waals surface area (Å²) in [5, 5.41) is 15.7. The van der Waals surface area contributed by atoms with Gasteiger partial charge >= 0.3 is 0 Å². The van der Waals surface area contributed by atoms with Gasteiger partial charge in [-0.15, -0.1) is 0 Å². The summed E-state index contributed by atoms with van der Waals surface area (Å²) in [6, 6.07) is 8.17. The van der Waals surface area contributed by atoms with E-state index in [0.29, 0.717) is 12.1 Å². The monoisotopic (exact) mass is 311 g/mol. The van der Waals surface area contributed by atoms with E-state index in [2.05, 4.69) is 28.0 Å². The van der Waals surface area contributed by atoms with Crippen molar-refractivity contribution < 1.29 is 9.90 Å². The Morgan fingerprint density at radius 1 is 1.26 bits per heavy atom. The highest BCUT2D eigenvalue weighted by atomic mass is 16.2. The van der Waals surface area contributed by atoms with Gasteiger partial charge in [-0.3, -0.25) is 4.79 Å². The number of carbonyl (C=O) groups is 1. The molecule has 1 aliphatic heterocycles. The van der Waals surface area contributed by atoms with Crippen LogP contribution >= 0.6 is 0 Å². The molecule has 2 aromatic rings. The summed E-state index contributed by atoms with van der Waals surface area (Å²) in [7, 11) is 0. The van der Waals surface area contributed by atoms with Crippen molar-refractivity contribution in [1.82, 2.24) is 9.58 Å². The fourth-order valence-corrected chi connectivity index (χ4v) is 2.85. The van der Waals surface area contributed by atoms with Crippen LogP contribution in [0.25, 0.3) is 17.0 Å². The maximum atomic E-state index is 12.2. The molecule has 0 fully saturated rings. The van der Waals surface area contributed by atoms with E-state index < -0.39 is 0 Å². The predicted octanol–water partition coefficient (Wildman–Crippen LogP) is 2.65. The van der Waals surface area contributed by atoms with E-state index in [-0.39, 0.29) is 12.5 Å². The number of nitrogens with zero attached hydrogens (tertiary/aromatic N) is 3. The normalized spacial score (nSPS) is 16.2.